The third-order valence-corrected chi connectivity index (χ3v) is 4.38. The second-order valence-electron chi connectivity index (χ2n) is 5.11. The first kappa shape index (κ1) is 15.5. The molecule has 1 saturated carbocycles. The predicted molar refractivity (Wildman–Crippen MR) is 82.8 cm³/mol. The quantitative estimate of drug-likeness (QED) is 0.747. The van der Waals surface area contributed by atoms with Crippen LogP contribution in [-0.2, 0) is 9.53 Å². The number of methoxy groups -OCH3 is 1. The summed E-state index contributed by atoms with van der Waals surface area (Å²) < 4.78 is 6.07. The normalized spacial score (nSPS) is 21.3. The fourth-order valence-corrected chi connectivity index (χ4v) is 3.05. The van der Waals surface area contributed by atoms with Crippen LogP contribution >= 0.6 is 15.9 Å². The molecule has 0 saturated heterocycles. The minimum absolute atomic E-state index is 0.0337. The number of amides is 1. The van der Waals surface area contributed by atoms with Gasteiger partial charge in [-0.3, -0.25) is 4.79 Å². The van der Waals surface area contributed by atoms with Gasteiger partial charge in [-0.05, 0) is 30.4 Å². The number of halogens is 1. The van der Waals surface area contributed by atoms with Crippen LogP contribution < -0.4 is 10.6 Å². The highest BCUT2D eigenvalue weighted by molar-refractivity contribution is 9.10. The van der Waals surface area contributed by atoms with Gasteiger partial charge in [0.25, 0.3) is 0 Å². The van der Waals surface area contributed by atoms with E-state index >= 15 is 0 Å². The second kappa shape index (κ2) is 7.76. The van der Waals surface area contributed by atoms with Gasteiger partial charge in [0.2, 0.25) is 5.91 Å². The van der Waals surface area contributed by atoms with Crippen molar-refractivity contribution in [3.8, 4) is 0 Å². The lowest BCUT2D eigenvalue weighted by atomic mass is 9.76. The van der Waals surface area contributed by atoms with Crippen LogP contribution in [-0.4, -0.2) is 38.8 Å². The zero-order valence-electron chi connectivity index (χ0n) is 11.7. The molecule has 4 nitrogen and oxygen atoms in total. The fourth-order valence-electron chi connectivity index (χ4n) is 2.44. The summed E-state index contributed by atoms with van der Waals surface area (Å²) in [6.07, 6.45) is 2.18. The van der Waals surface area contributed by atoms with E-state index in [1.807, 2.05) is 6.07 Å². The van der Waals surface area contributed by atoms with E-state index in [1.54, 1.807) is 7.11 Å². The molecule has 0 radical (unpaired) electrons. The molecule has 2 rings (SSSR count). The number of benzene rings is 1. The molecular weight excluding hydrogens is 320 g/mol. The van der Waals surface area contributed by atoms with E-state index in [0.29, 0.717) is 31.7 Å². The van der Waals surface area contributed by atoms with Gasteiger partial charge in [-0.25, -0.2) is 0 Å². The lowest BCUT2D eigenvalue weighted by molar-refractivity contribution is -0.120. The van der Waals surface area contributed by atoms with Gasteiger partial charge in [-0.1, -0.05) is 34.1 Å². The van der Waals surface area contributed by atoms with Crippen molar-refractivity contribution in [2.45, 2.75) is 24.8 Å². The van der Waals surface area contributed by atoms with Gasteiger partial charge < -0.3 is 15.4 Å². The second-order valence-corrected chi connectivity index (χ2v) is 5.96. The van der Waals surface area contributed by atoms with Crippen molar-refractivity contribution in [1.29, 1.82) is 0 Å². The molecule has 0 atom stereocenters. The molecule has 1 aliphatic rings. The van der Waals surface area contributed by atoms with Crippen molar-refractivity contribution in [3.63, 3.8) is 0 Å². The number of rotatable bonds is 7. The molecule has 0 spiro atoms. The Labute approximate surface area is 128 Å². The Morgan fingerprint density at radius 2 is 2.15 bits per heavy atom. The van der Waals surface area contributed by atoms with Crippen molar-refractivity contribution in [2.24, 2.45) is 0 Å². The topological polar surface area (TPSA) is 50.4 Å². The van der Waals surface area contributed by atoms with E-state index in [9.17, 15) is 4.79 Å². The lowest BCUT2D eigenvalue weighted by Gasteiger charge is -2.36. The summed E-state index contributed by atoms with van der Waals surface area (Å²) in [4.78, 5) is 11.5. The minimum Gasteiger partial charge on any atom is -0.383 e. The number of hydrogen-bond acceptors (Lipinski definition) is 3. The van der Waals surface area contributed by atoms with Gasteiger partial charge in [0.05, 0.1) is 13.2 Å². The summed E-state index contributed by atoms with van der Waals surface area (Å²) in [6.45, 7) is 1.51. The third kappa shape index (κ3) is 4.30. The maximum Gasteiger partial charge on any atom is 0.234 e. The number of nitrogens with one attached hydrogen (secondary N) is 2. The molecule has 0 unspecified atom stereocenters. The Kier molecular flexibility index (Phi) is 6.01. The number of ether oxygens (including phenoxy) is 1. The number of carbonyl (C=O) groups excluding carboxylic acids is 1. The van der Waals surface area contributed by atoms with Crippen LogP contribution in [0.2, 0.25) is 0 Å². The van der Waals surface area contributed by atoms with Gasteiger partial charge in [0.15, 0.2) is 0 Å². The third-order valence-electron chi connectivity index (χ3n) is 3.66. The zero-order valence-corrected chi connectivity index (χ0v) is 13.3. The number of hydrogen-bond donors (Lipinski definition) is 2. The highest BCUT2D eigenvalue weighted by Gasteiger charge is 2.31. The maximum absolute atomic E-state index is 11.5. The maximum atomic E-state index is 11.5. The fraction of sp³-hybridized carbons (Fsp3) is 0.533. The molecule has 1 aliphatic carbocycles. The van der Waals surface area contributed by atoms with Crippen LogP contribution in [0.3, 0.4) is 0 Å². The molecule has 0 bridgehead atoms. The Morgan fingerprint density at radius 1 is 1.40 bits per heavy atom. The molecule has 2 N–H and O–H groups in total. The van der Waals surface area contributed by atoms with Crippen LogP contribution in [0, 0.1) is 0 Å². The van der Waals surface area contributed by atoms with E-state index < -0.39 is 0 Å². The smallest absolute Gasteiger partial charge is 0.234 e. The minimum atomic E-state index is 0.0337. The highest BCUT2D eigenvalue weighted by atomic mass is 79.9. The first-order valence-electron chi connectivity index (χ1n) is 6.94. The first-order valence-corrected chi connectivity index (χ1v) is 7.73. The Morgan fingerprint density at radius 3 is 2.85 bits per heavy atom. The molecule has 110 valence electrons. The largest absolute Gasteiger partial charge is 0.383 e. The lowest BCUT2D eigenvalue weighted by Crippen LogP contribution is -2.45. The van der Waals surface area contributed by atoms with E-state index in [4.69, 9.17) is 4.74 Å². The van der Waals surface area contributed by atoms with E-state index in [-0.39, 0.29) is 5.91 Å². The molecule has 5 heteroatoms. The van der Waals surface area contributed by atoms with Crippen molar-refractivity contribution < 1.29 is 9.53 Å². The molecule has 0 heterocycles. The molecule has 1 fully saturated rings. The predicted octanol–water partition coefficient (Wildman–Crippen LogP) is 2.05. The van der Waals surface area contributed by atoms with Crippen LogP contribution in [0.5, 0.6) is 0 Å². The zero-order chi connectivity index (χ0) is 14.4. The average molecular weight is 341 g/mol. The van der Waals surface area contributed by atoms with Crippen molar-refractivity contribution in [2.75, 3.05) is 26.8 Å². The molecule has 1 aromatic carbocycles. The molecule has 0 aliphatic heterocycles. The number of carbonyl (C=O) groups is 1. The van der Waals surface area contributed by atoms with Gasteiger partial charge >= 0.3 is 0 Å². The first-order chi connectivity index (χ1) is 9.70. The monoisotopic (exact) mass is 340 g/mol. The van der Waals surface area contributed by atoms with Crippen LogP contribution in [0.25, 0.3) is 0 Å². The SMILES string of the molecule is COCCNC(=O)CNC1CC(c2ccccc2Br)C1. The Hall–Kier alpha value is -0.910. The summed E-state index contributed by atoms with van der Waals surface area (Å²) in [5.74, 6) is 0.631. The van der Waals surface area contributed by atoms with Gasteiger partial charge in [0.1, 0.15) is 0 Å². The van der Waals surface area contributed by atoms with Crippen molar-refractivity contribution >= 4 is 21.8 Å². The summed E-state index contributed by atoms with van der Waals surface area (Å²) in [5, 5.41) is 6.10. The molecule has 1 amide bonds. The van der Waals surface area contributed by atoms with E-state index in [1.165, 1.54) is 10.0 Å². The van der Waals surface area contributed by atoms with Crippen LogP contribution in [0.4, 0.5) is 0 Å². The van der Waals surface area contributed by atoms with Crippen LogP contribution in [0.15, 0.2) is 28.7 Å². The van der Waals surface area contributed by atoms with Gasteiger partial charge in [-0.15, -0.1) is 0 Å². The Balaban J connectivity index is 1.65. The van der Waals surface area contributed by atoms with Gasteiger partial charge in [0, 0.05) is 24.2 Å². The molecular formula is C15H21BrN2O2. The van der Waals surface area contributed by atoms with E-state index in [0.717, 1.165) is 12.8 Å². The molecule has 1 aromatic rings. The molecule has 0 aromatic heterocycles. The van der Waals surface area contributed by atoms with Crippen molar-refractivity contribution in [3.05, 3.63) is 34.3 Å². The molecule has 20 heavy (non-hydrogen) atoms. The summed E-state index contributed by atoms with van der Waals surface area (Å²) in [7, 11) is 1.63. The summed E-state index contributed by atoms with van der Waals surface area (Å²) in [6, 6.07) is 8.80. The van der Waals surface area contributed by atoms with Crippen LogP contribution in [0.1, 0.15) is 24.3 Å². The van der Waals surface area contributed by atoms with E-state index in [2.05, 4.69) is 44.8 Å². The average Bonchev–Trinajstić information content (AvgIpc) is 2.39. The highest BCUT2D eigenvalue weighted by Crippen LogP contribution is 2.39. The van der Waals surface area contributed by atoms with Gasteiger partial charge in [-0.2, -0.15) is 0 Å². The summed E-state index contributed by atoms with van der Waals surface area (Å²) >= 11 is 3.59. The summed E-state index contributed by atoms with van der Waals surface area (Å²) in [5.41, 5.74) is 1.37. The Bertz CT molecular complexity index is 447. The standard InChI is InChI=1S/C15H21BrN2O2/c1-20-7-6-17-15(19)10-18-12-8-11(9-12)13-4-2-3-5-14(13)16/h2-5,11-12,18H,6-10H2,1H3,(H,17,19). The van der Waals surface area contributed by atoms with Crippen molar-refractivity contribution in [1.82, 2.24) is 10.6 Å².